The second-order valence-electron chi connectivity index (χ2n) is 5.85. The number of hydrogen-bond acceptors (Lipinski definition) is 4. The molecule has 0 bridgehead atoms. The number of hydrogen-bond donors (Lipinski definition) is 2. The van der Waals surface area contributed by atoms with Crippen LogP contribution in [0.2, 0.25) is 0 Å². The Hall–Kier alpha value is -1.32. The van der Waals surface area contributed by atoms with Gasteiger partial charge in [0, 0.05) is 52.6 Å². The molecular formula is C19H31IN4O2. The van der Waals surface area contributed by atoms with Crippen LogP contribution in [0.15, 0.2) is 41.4 Å². The van der Waals surface area contributed by atoms with E-state index in [4.69, 9.17) is 9.47 Å². The number of nitrogens with one attached hydrogen (secondary N) is 2. The monoisotopic (exact) mass is 474 g/mol. The van der Waals surface area contributed by atoms with Crippen LogP contribution in [0.5, 0.6) is 0 Å². The van der Waals surface area contributed by atoms with E-state index in [0.717, 1.165) is 45.2 Å². The Labute approximate surface area is 174 Å². The predicted octanol–water partition coefficient (Wildman–Crippen LogP) is 2.40. The summed E-state index contributed by atoms with van der Waals surface area (Å²) in [6, 6.07) is 8.68. The van der Waals surface area contributed by atoms with Gasteiger partial charge in [0.15, 0.2) is 5.96 Å². The van der Waals surface area contributed by atoms with Gasteiger partial charge in [-0.1, -0.05) is 24.3 Å². The fourth-order valence-corrected chi connectivity index (χ4v) is 2.55. The van der Waals surface area contributed by atoms with Crippen molar-refractivity contribution in [3.63, 3.8) is 0 Å². The minimum atomic E-state index is 0. The lowest BCUT2D eigenvalue weighted by Crippen LogP contribution is -2.37. The largest absolute Gasteiger partial charge is 0.382 e. The Bertz CT molecular complexity index is 541. The molecule has 0 aliphatic carbocycles. The lowest BCUT2D eigenvalue weighted by molar-refractivity contribution is 0.0698. The Balaban J connectivity index is 0.00000338. The third-order valence-electron chi connectivity index (χ3n) is 3.99. The van der Waals surface area contributed by atoms with Crippen molar-refractivity contribution >= 4 is 35.6 Å². The molecule has 2 rings (SSSR count). The molecule has 0 saturated carbocycles. The summed E-state index contributed by atoms with van der Waals surface area (Å²) >= 11 is 0. The molecule has 7 heteroatoms. The number of guanidine groups is 1. The van der Waals surface area contributed by atoms with E-state index in [0.29, 0.717) is 13.2 Å². The van der Waals surface area contributed by atoms with Crippen molar-refractivity contribution in [2.45, 2.75) is 13.0 Å². The van der Waals surface area contributed by atoms with Crippen LogP contribution in [-0.4, -0.2) is 59.6 Å². The van der Waals surface area contributed by atoms with Gasteiger partial charge in [0.05, 0.1) is 13.2 Å². The molecule has 1 aliphatic rings. The third kappa shape index (κ3) is 8.37. The smallest absolute Gasteiger partial charge is 0.191 e. The van der Waals surface area contributed by atoms with Crippen LogP contribution in [0.1, 0.15) is 12.0 Å². The molecule has 0 saturated heterocycles. The molecular weight excluding hydrogens is 443 g/mol. The molecule has 1 heterocycles. The first-order valence-corrected chi connectivity index (χ1v) is 8.83. The van der Waals surface area contributed by atoms with Crippen LogP contribution in [0.3, 0.4) is 0 Å². The summed E-state index contributed by atoms with van der Waals surface area (Å²) in [6.45, 7) is 5.60. The van der Waals surface area contributed by atoms with Crippen molar-refractivity contribution in [3.05, 3.63) is 42.0 Å². The topological polar surface area (TPSA) is 58.1 Å². The predicted molar refractivity (Wildman–Crippen MR) is 119 cm³/mol. The van der Waals surface area contributed by atoms with E-state index in [-0.39, 0.29) is 24.0 Å². The van der Waals surface area contributed by atoms with Crippen molar-refractivity contribution in [2.24, 2.45) is 4.99 Å². The minimum Gasteiger partial charge on any atom is -0.382 e. The summed E-state index contributed by atoms with van der Waals surface area (Å²) in [7, 11) is 3.46. The molecule has 6 nitrogen and oxygen atoms in total. The number of aliphatic imine (C=N–C) groups is 1. The van der Waals surface area contributed by atoms with E-state index in [1.54, 1.807) is 14.2 Å². The summed E-state index contributed by atoms with van der Waals surface area (Å²) < 4.78 is 10.4. The number of nitrogens with zero attached hydrogens (tertiary/aromatic N) is 2. The van der Waals surface area contributed by atoms with E-state index < -0.39 is 0 Å². The Kier molecular flexibility index (Phi) is 12.1. The molecule has 1 aliphatic heterocycles. The first kappa shape index (κ1) is 22.7. The molecule has 0 fully saturated rings. The van der Waals surface area contributed by atoms with Gasteiger partial charge in [0.2, 0.25) is 0 Å². The first-order chi connectivity index (χ1) is 12.3. The van der Waals surface area contributed by atoms with Crippen LogP contribution in [0, 0.1) is 0 Å². The maximum Gasteiger partial charge on any atom is 0.191 e. The number of ether oxygens (including phenoxy) is 2. The van der Waals surface area contributed by atoms with E-state index in [9.17, 15) is 0 Å². The average Bonchev–Trinajstić information content (AvgIpc) is 3.18. The highest BCUT2D eigenvalue weighted by molar-refractivity contribution is 14.0. The van der Waals surface area contributed by atoms with Gasteiger partial charge in [-0.15, -0.1) is 24.0 Å². The molecule has 0 amide bonds. The fraction of sp³-hybridized carbons (Fsp3) is 0.526. The van der Waals surface area contributed by atoms with Crippen molar-refractivity contribution < 1.29 is 9.47 Å². The van der Waals surface area contributed by atoms with Crippen LogP contribution in [0.25, 0.3) is 0 Å². The highest BCUT2D eigenvalue weighted by atomic mass is 127. The van der Waals surface area contributed by atoms with E-state index in [2.05, 4.69) is 56.9 Å². The van der Waals surface area contributed by atoms with Gasteiger partial charge >= 0.3 is 0 Å². The maximum atomic E-state index is 5.44. The number of anilines is 1. The van der Waals surface area contributed by atoms with Crippen molar-refractivity contribution in [1.29, 1.82) is 0 Å². The molecule has 0 unspecified atom stereocenters. The SMILES string of the molecule is CN=C(NCCCOCCOC)NCc1ccc(N2CC=CC2)cc1.I. The van der Waals surface area contributed by atoms with Gasteiger partial charge in [0.1, 0.15) is 0 Å². The van der Waals surface area contributed by atoms with Gasteiger partial charge in [-0.3, -0.25) is 4.99 Å². The molecule has 1 aromatic rings. The summed E-state index contributed by atoms with van der Waals surface area (Å²) in [5, 5.41) is 6.64. The number of rotatable bonds is 10. The lowest BCUT2D eigenvalue weighted by atomic mass is 10.2. The number of halogens is 1. The van der Waals surface area contributed by atoms with Gasteiger partial charge in [-0.2, -0.15) is 0 Å². The van der Waals surface area contributed by atoms with Gasteiger partial charge in [0.25, 0.3) is 0 Å². The van der Waals surface area contributed by atoms with Crippen LogP contribution < -0.4 is 15.5 Å². The van der Waals surface area contributed by atoms with Crippen molar-refractivity contribution in [3.8, 4) is 0 Å². The summed E-state index contributed by atoms with van der Waals surface area (Å²) in [5.74, 6) is 0.810. The summed E-state index contributed by atoms with van der Waals surface area (Å²) in [5.41, 5.74) is 2.51. The lowest BCUT2D eigenvalue weighted by Gasteiger charge is -2.18. The molecule has 0 spiro atoms. The van der Waals surface area contributed by atoms with Crippen LogP contribution in [0.4, 0.5) is 5.69 Å². The number of methoxy groups -OCH3 is 1. The van der Waals surface area contributed by atoms with Crippen molar-refractivity contribution in [1.82, 2.24) is 10.6 Å². The Morgan fingerprint density at radius 3 is 2.46 bits per heavy atom. The zero-order valence-electron chi connectivity index (χ0n) is 15.7. The normalized spacial score (nSPS) is 13.6. The number of benzene rings is 1. The highest BCUT2D eigenvalue weighted by Crippen LogP contribution is 2.17. The standard InChI is InChI=1S/C19H30N4O2.HI/c1-20-19(21-10-5-13-25-15-14-24-2)22-16-17-6-8-18(9-7-17)23-11-3-4-12-23;/h3-4,6-9H,5,10-16H2,1-2H3,(H2,20,21,22);1H. The Morgan fingerprint density at radius 2 is 1.81 bits per heavy atom. The van der Waals surface area contributed by atoms with Gasteiger partial charge in [-0.05, 0) is 24.1 Å². The molecule has 0 radical (unpaired) electrons. The second kappa shape index (κ2) is 13.8. The van der Waals surface area contributed by atoms with E-state index in [1.165, 1.54) is 11.3 Å². The van der Waals surface area contributed by atoms with Gasteiger partial charge in [-0.25, -0.2) is 0 Å². The van der Waals surface area contributed by atoms with Crippen LogP contribution in [-0.2, 0) is 16.0 Å². The zero-order valence-corrected chi connectivity index (χ0v) is 18.1. The fourth-order valence-electron chi connectivity index (χ4n) is 2.55. The van der Waals surface area contributed by atoms with Crippen molar-refractivity contribution in [2.75, 3.05) is 58.5 Å². The zero-order chi connectivity index (χ0) is 17.7. The molecule has 2 N–H and O–H groups in total. The van der Waals surface area contributed by atoms with Gasteiger partial charge < -0.3 is 25.0 Å². The van der Waals surface area contributed by atoms with Crippen LogP contribution >= 0.6 is 24.0 Å². The van der Waals surface area contributed by atoms with E-state index >= 15 is 0 Å². The minimum absolute atomic E-state index is 0. The summed E-state index contributed by atoms with van der Waals surface area (Å²) in [4.78, 5) is 6.59. The molecule has 1 aromatic carbocycles. The molecule has 0 aromatic heterocycles. The highest BCUT2D eigenvalue weighted by Gasteiger charge is 2.07. The average molecular weight is 474 g/mol. The molecule has 0 atom stereocenters. The first-order valence-electron chi connectivity index (χ1n) is 8.83. The molecule has 26 heavy (non-hydrogen) atoms. The summed E-state index contributed by atoms with van der Waals surface area (Å²) in [6.07, 6.45) is 5.34. The Morgan fingerprint density at radius 1 is 1.08 bits per heavy atom. The quantitative estimate of drug-likeness (QED) is 0.179. The maximum absolute atomic E-state index is 5.44. The van der Waals surface area contributed by atoms with E-state index in [1.807, 2.05) is 0 Å². The second-order valence-corrected chi connectivity index (χ2v) is 5.85. The third-order valence-corrected chi connectivity index (χ3v) is 3.99. The molecule has 146 valence electrons.